The van der Waals surface area contributed by atoms with Gasteiger partial charge in [0.25, 0.3) is 0 Å². The molecule has 1 aliphatic rings. The number of hydrogen-bond donors (Lipinski definition) is 1. The summed E-state index contributed by atoms with van der Waals surface area (Å²) in [7, 11) is 1.60. The van der Waals surface area contributed by atoms with Crippen LogP contribution in [0.2, 0.25) is 0 Å². The Balaban J connectivity index is 0.000000461. The first-order valence-electron chi connectivity index (χ1n) is 5.04. The van der Waals surface area contributed by atoms with Gasteiger partial charge in [-0.05, 0) is 12.8 Å². The molecule has 1 aromatic heterocycles. The van der Waals surface area contributed by atoms with Gasteiger partial charge in [0.15, 0.2) is 0 Å². The van der Waals surface area contributed by atoms with Crippen LogP contribution in [0.15, 0.2) is 6.20 Å². The second kappa shape index (κ2) is 5.42. The van der Waals surface area contributed by atoms with E-state index in [1.165, 1.54) is 0 Å². The van der Waals surface area contributed by atoms with E-state index >= 15 is 0 Å². The minimum absolute atomic E-state index is 0.595. The second-order valence-electron chi connectivity index (χ2n) is 2.74. The van der Waals surface area contributed by atoms with E-state index in [4.69, 9.17) is 4.74 Å². The third-order valence-corrected chi connectivity index (χ3v) is 1.91. The Morgan fingerprint density at radius 3 is 2.93 bits per heavy atom. The molecule has 4 heteroatoms. The number of rotatable bonds is 1. The van der Waals surface area contributed by atoms with E-state index in [2.05, 4.69) is 15.3 Å². The number of methoxy groups -OCH3 is 1. The smallest absolute Gasteiger partial charge is 0.232 e. The molecule has 1 N–H and O–H groups in total. The van der Waals surface area contributed by atoms with E-state index in [1.807, 2.05) is 13.8 Å². The van der Waals surface area contributed by atoms with Gasteiger partial charge in [-0.25, -0.2) is 9.97 Å². The highest BCUT2D eigenvalue weighted by molar-refractivity contribution is 5.42. The van der Waals surface area contributed by atoms with Gasteiger partial charge in [0.05, 0.1) is 19.0 Å². The van der Waals surface area contributed by atoms with Crippen molar-refractivity contribution in [2.45, 2.75) is 26.7 Å². The third kappa shape index (κ3) is 2.34. The van der Waals surface area contributed by atoms with Crippen molar-refractivity contribution in [3.63, 3.8) is 0 Å². The maximum absolute atomic E-state index is 4.98. The standard InChI is InChI=1S/C8H11N3O.C2H6/c1-12-7-5-10-8-6(11-7)3-2-4-9-8;1-2/h5H,2-4H2,1H3,(H,9,10);1-2H3. The van der Waals surface area contributed by atoms with Crippen LogP contribution in [0.1, 0.15) is 26.0 Å². The first kappa shape index (κ1) is 10.8. The molecule has 2 rings (SSSR count). The molecule has 14 heavy (non-hydrogen) atoms. The molecule has 0 atom stereocenters. The van der Waals surface area contributed by atoms with Crippen LogP contribution in [0.3, 0.4) is 0 Å². The van der Waals surface area contributed by atoms with E-state index < -0.39 is 0 Å². The molecule has 0 unspecified atom stereocenters. The van der Waals surface area contributed by atoms with E-state index in [-0.39, 0.29) is 0 Å². The maximum Gasteiger partial charge on any atom is 0.232 e. The Labute approximate surface area is 84.7 Å². The van der Waals surface area contributed by atoms with Crippen molar-refractivity contribution >= 4 is 5.82 Å². The van der Waals surface area contributed by atoms with E-state index in [9.17, 15) is 0 Å². The molecule has 2 heterocycles. The minimum Gasteiger partial charge on any atom is -0.480 e. The van der Waals surface area contributed by atoms with Crippen molar-refractivity contribution in [1.82, 2.24) is 9.97 Å². The highest BCUT2D eigenvalue weighted by Gasteiger charge is 2.11. The van der Waals surface area contributed by atoms with Crippen molar-refractivity contribution in [2.24, 2.45) is 0 Å². The van der Waals surface area contributed by atoms with Gasteiger partial charge in [0.2, 0.25) is 5.88 Å². The number of ether oxygens (including phenoxy) is 1. The topological polar surface area (TPSA) is 47.0 Å². The zero-order valence-electron chi connectivity index (χ0n) is 9.00. The van der Waals surface area contributed by atoms with Crippen LogP contribution >= 0.6 is 0 Å². The molecule has 0 amide bonds. The van der Waals surface area contributed by atoms with Crippen molar-refractivity contribution in [3.8, 4) is 5.88 Å². The summed E-state index contributed by atoms with van der Waals surface area (Å²) in [5, 5.41) is 3.18. The first-order valence-corrected chi connectivity index (χ1v) is 5.04. The normalized spacial score (nSPS) is 13.1. The summed E-state index contributed by atoms with van der Waals surface area (Å²) in [4.78, 5) is 8.48. The Kier molecular flexibility index (Phi) is 4.16. The van der Waals surface area contributed by atoms with Gasteiger partial charge >= 0.3 is 0 Å². The minimum atomic E-state index is 0.595. The zero-order chi connectivity index (χ0) is 10.4. The number of nitrogens with one attached hydrogen (secondary N) is 1. The van der Waals surface area contributed by atoms with Crippen LogP contribution in [0.25, 0.3) is 0 Å². The SMILES string of the molecule is CC.COc1cnc2c(n1)CCCN2. The van der Waals surface area contributed by atoms with Crippen LogP contribution < -0.4 is 10.1 Å². The van der Waals surface area contributed by atoms with Crippen LogP contribution in [0, 0.1) is 0 Å². The van der Waals surface area contributed by atoms with Gasteiger partial charge in [0, 0.05) is 6.54 Å². The lowest BCUT2D eigenvalue weighted by molar-refractivity contribution is 0.393. The van der Waals surface area contributed by atoms with Crippen LogP contribution in [-0.2, 0) is 6.42 Å². The van der Waals surface area contributed by atoms with E-state index in [0.717, 1.165) is 30.9 Å². The highest BCUT2D eigenvalue weighted by Crippen LogP contribution is 2.18. The monoisotopic (exact) mass is 195 g/mol. The predicted molar refractivity (Wildman–Crippen MR) is 56.7 cm³/mol. The second-order valence-corrected chi connectivity index (χ2v) is 2.74. The van der Waals surface area contributed by atoms with Crippen LogP contribution in [0.5, 0.6) is 5.88 Å². The zero-order valence-corrected chi connectivity index (χ0v) is 9.00. The summed E-state index contributed by atoms with van der Waals surface area (Å²) in [5.74, 6) is 1.50. The number of nitrogens with zero attached hydrogens (tertiary/aromatic N) is 2. The average molecular weight is 195 g/mol. The molecule has 0 aromatic carbocycles. The molecule has 0 saturated heterocycles. The van der Waals surface area contributed by atoms with Crippen molar-refractivity contribution < 1.29 is 4.74 Å². The van der Waals surface area contributed by atoms with Gasteiger partial charge in [-0.15, -0.1) is 0 Å². The third-order valence-electron chi connectivity index (χ3n) is 1.91. The molecule has 1 aliphatic heterocycles. The van der Waals surface area contributed by atoms with Gasteiger partial charge in [-0.3, -0.25) is 0 Å². The largest absolute Gasteiger partial charge is 0.480 e. The number of anilines is 1. The average Bonchev–Trinajstić information content (AvgIpc) is 2.31. The quantitative estimate of drug-likeness (QED) is 0.743. The lowest BCUT2D eigenvalue weighted by Gasteiger charge is -2.15. The Bertz CT molecular complexity index is 289. The van der Waals surface area contributed by atoms with Gasteiger partial charge in [-0.1, -0.05) is 13.8 Å². The van der Waals surface area contributed by atoms with E-state index in [0.29, 0.717) is 5.88 Å². The molecule has 78 valence electrons. The fourth-order valence-electron chi connectivity index (χ4n) is 1.29. The number of aromatic nitrogens is 2. The molecule has 0 fully saturated rings. The lowest BCUT2D eigenvalue weighted by atomic mass is 10.2. The van der Waals surface area contributed by atoms with Gasteiger partial charge < -0.3 is 10.1 Å². The van der Waals surface area contributed by atoms with Crippen molar-refractivity contribution in [2.75, 3.05) is 19.0 Å². The van der Waals surface area contributed by atoms with Crippen molar-refractivity contribution in [3.05, 3.63) is 11.9 Å². The summed E-state index contributed by atoms with van der Waals surface area (Å²) in [6.07, 6.45) is 3.75. The molecule has 4 nitrogen and oxygen atoms in total. The predicted octanol–water partition coefficient (Wildman–Crippen LogP) is 1.87. The van der Waals surface area contributed by atoms with Crippen molar-refractivity contribution in [1.29, 1.82) is 0 Å². The Morgan fingerprint density at radius 1 is 1.43 bits per heavy atom. The fraction of sp³-hybridized carbons (Fsp3) is 0.600. The first-order chi connectivity index (χ1) is 6.90. The number of aryl methyl sites for hydroxylation is 1. The van der Waals surface area contributed by atoms with Crippen LogP contribution in [0.4, 0.5) is 5.82 Å². The Hall–Kier alpha value is -1.32. The molecule has 0 radical (unpaired) electrons. The number of fused-ring (bicyclic) bond motifs is 1. The fourth-order valence-corrected chi connectivity index (χ4v) is 1.29. The maximum atomic E-state index is 4.98. The molecule has 0 spiro atoms. The van der Waals surface area contributed by atoms with Gasteiger partial charge in [0.1, 0.15) is 5.82 Å². The summed E-state index contributed by atoms with van der Waals surface area (Å²) in [5.41, 5.74) is 1.01. The molecule has 1 aromatic rings. The highest BCUT2D eigenvalue weighted by atomic mass is 16.5. The molecular formula is C10H17N3O. The Morgan fingerprint density at radius 2 is 2.21 bits per heavy atom. The summed E-state index contributed by atoms with van der Waals surface area (Å²) < 4.78 is 4.98. The summed E-state index contributed by atoms with van der Waals surface area (Å²) in [6, 6.07) is 0. The summed E-state index contributed by atoms with van der Waals surface area (Å²) >= 11 is 0. The molecule has 0 aliphatic carbocycles. The lowest BCUT2D eigenvalue weighted by Crippen LogP contribution is -2.14. The molecule has 0 bridgehead atoms. The summed E-state index contributed by atoms with van der Waals surface area (Å²) in [6.45, 7) is 4.99. The van der Waals surface area contributed by atoms with Gasteiger partial charge in [-0.2, -0.15) is 0 Å². The van der Waals surface area contributed by atoms with Crippen LogP contribution in [-0.4, -0.2) is 23.6 Å². The van der Waals surface area contributed by atoms with E-state index in [1.54, 1.807) is 13.3 Å². The molecular weight excluding hydrogens is 178 g/mol. The molecule has 0 saturated carbocycles. The number of hydrogen-bond acceptors (Lipinski definition) is 4.